The summed E-state index contributed by atoms with van der Waals surface area (Å²) in [6, 6.07) is 17.6. The van der Waals surface area contributed by atoms with Crippen LogP contribution in [0, 0.1) is 0 Å². The highest BCUT2D eigenvalue weighted by atomic mass is 32.2. The van der Waals surface area contributed by atoms with Gasteiger partial charge in [-0.25, -0.2) is 0 Å². The molecule has 0 radical (unpaired) electrons. The Morgan fingerprint density at radius 1 is 0.909 bits per heavy atom. The van der Waals surface area contributed by atoms with E-state index in [2.05, 4.69) is 157 Å². The van der Waals surface area contributed by atoms with Gasteiger partial charge in [0.2, 0.25) is 5.69 Å². The second kappa shape index (κ2) is 13.6. The van der Waals surface area contributed by atoms with Crippen LogP contribution in [-0.4, -0.2) is 75.4 Å². The van der Waals surface area contributed by atoms with Crippen molar-refractivity contribution < 1.29 is 9.06 Å². The lowest BCUT2D eigenvalue weighted by molar-refractivity contribution is -0.881. The smallest absolute Gasteiger partial charge is 0.209 e. The molecular weight excluding hydrogens is 557 g/mol. The average molecular weight is 613 g/mol. The quantitative estimate of drug-likeness (QED) is 0.193. The molecule has 0 saturated carbocycles. The highest BCUT2D eigenvalue weighted by molar-refractivity contribution is 8.03. The van der Waals surface area contributed by atoms with E-state index < -0.39 is 0 Å². The van der Waals surface area contributed by atoms with E-state index in [1.54, 1.807) is 0 Å². The molecule has 0 fully saturated rings. The standard InChI is InChI=1S/C36H48N4S.C3H8/c1-35(2)28-14-10-12-16-30(28)38(6)32(35)20-18-26-24-40(8,9)25-27(34(26)41-23-22-37-5)19-21-33-36(3,4)29-15-11-13-17-31(29)39(33)7;1-3-2/h10-21,37H,22-25H2,1-9H3;3H2,1-2H3/q+2;. The second-order valence-corrected chi connectivity index (χ2v) is 15.2. The first kappa shape index (κ1) is 34.0. The summed E-state index contributed by atoms with van der Waals surface area (Å²) >= 11 is 2.00. The predicted octanol–water partition coefficient (Wildman–Crippen LogP) is 8.20. The van der Waals surface area contributed by atoms with Crippen LogP contribution in [0.15, 0.2) is 94.6 Å². The number of fused-ring (bicyclic) bond motifs is 2. The van der Waals surface area contributed by atoms with Crippen LogP contribution >= 0.6 is 11.8 Å². The van der Waals surface area contributed by atoms with E-state index in [1.807, 2.05) is 18.8 Å². The number of quaternary nitrogens is 1. The number of nitrogens with zero attached hydrogens (tertiary/aromatic N) is 3. The van der Waals surface area contributed by atoms with Crippen LogP contribution in [0.25, 0.3) is 0 Å². The summed E-state index contributed by atoms with van der Waals surface area (Å²) in [5.41, 5.74) is 10.9. The number of likely N-dealkylation sites (N-methyl/N-ethyl adjacent to an activating group) is 2. The molecule has 236 valence electrons. The van der Waals surface area contributed by atoms with Crippen molar-refractivity contribution in [2.45, 2.75) is 58.8 Å². The summed E-state index contributed by atoms with van der Waals surface area (Å²) in [4.78, 5) is 3.82. The lowest BCUT2D eigenvalue weighted by Crippen LogP contribution is -2.45. The number of nitrogens with one attached hydrogen (secondary N) is 1. The molecule has 0 amide bonds. The summed E-state index contributed by atoms with van der Waals surface area (Å²) in [7, 11) is 11.2. The molecule has 0 spiro atoms. The van der Waals surface area contributed by atoms with Gasteiger partial charge in [-0.05, 0) is 44.7 Å². The summed E-state index contributed by atoms with van der Waals surface area (Å²) in [5.74, 6) is 1.05. The number of para-hydroxylation sites is 2. The van der Waals surface area contributed by atoms with Gasteiger partial charge < -0.3 is 14.7 Å². The Hall–Kier alpha value is -2.86. The van der Waals surface area contributed by atoms with Crippen LogP contribution < -0.4 is 10.2 Å². The summed E-state index contributed by atoms with van der Waals surface area (Å²) in [6.45, 7) is 16.7. The number of hydrogen-bond acceptors (Lipinski definition) is 3. The Morgan fingerprint density at radius 3 is 2.18 bits per heavy atom. The monoisotopic (exact) mass is 612 g/mol. The van der Waals surface area contributed by atoms with Crippen LogP contribution in [0.3, 0.4) is 0 Å². The van der Waals surface area contributed by atoms with E-state index in [9.17, 15) is 0 Å². The first-order valence-corrected chi connectivity index (χ1v) is 17.2. The Balaban J connectivity index is 0.00000141. The van der Waals surface area contributed by atoms with Crippen molar-refractivity contribution in [3.05, 3.63) is 106 Å². The number of rotatable bonds is 7. The third-order valence-electron chi connectivity index (χ3n) is 9.14. The van der Waals surface area contributed by atoms with Gasteiger partial charge in [0.05, 0.1) is 19.5 Å². The molecule has 2 aromatic carbocycles. The molecule has 0 aromatic heterocycles. The van der Waals surface area contributed by atoms with Crippen molar-refractivity contribution in [2.75, 3.05) is 65.5 Å². The molecule has 3 heterocycles. The third-order valence-corrected chi connectivity index (χ3v) is 10.4. The zero-order valence-electron chi connectivity index (χ0n) is 29.2. The van der Waals surface area contributed by atoms with Crippen molar-refractivity contribution in [2.24, 2.45) is 0 Å². The second-order valence-electron chi connectivity index (χ2n) is 14.1. The van der Waals surface area contributed by atoms with Crippen LogP contribution in [0.1, 0.15) is 59.1 Å². The minimum Gasteiger partial charge on any atom is -0.347 e. The minimum absolute atomic E-state index is 0.0301. The molecule has 4 nitrogen and oxygen atoms in total. The number of anilines is 1. The predicted molar refractivity (Wildman–Crippen MR) is 195 cm³/mol. The fourth-order valence-corrected chi connectivity index (χ4v) is 8.13. The molecule has 1 N–H and O–H groups in total. The van der Waals surface area contributed by atoms with Crippen molar-refractivity contribution in [3.8, 4) is 0 Å². The zero-order valence-corrected chi connectivity index (χ0v) is 30.0. The molecule has 2 aromatic rings. The van der Waals surface area contributed by atoms with E-state index in [1.165, 1.54) is 56.4 Å². The highest BCUT2D eigenvalue weighted by Gasteiger charge is 2.43. The van der Waals surface area contributed by atoms with Crippen LogP contribution in [0.5, 0.6) is 0 Å². The lowest BCUT2D eigenvalue weighted by atomic mass is 9.81. The van der Waals surface area contributed by atoms with Crippen molar-refractivity contribution in [1.82, 2.24) is 5.32 Å². The summed E-state index contributed by atoms with van der Waals surface area (Å²) in [5, 5.41) is 3.35. The highest BCUT2D eigenvalue weighted by Crippen LogP contribution is 2.47. The average Bonchev–Trinajstić information content (AvgIpc) is 3.29. The van der Waals surface area contributed by atoms with Gasteiger partial charge in [0.1, 0.15) is 20.1 Å². The Kier molecular flexibility index (Phi) is 10.5. The molecular formula is C39H56N4S+2. The normalized spacial score (nSPS) is 21.7. The number of allylic oxidation sites excluding steroid dienone is 4. The zero-order chi connectivity index (χ0) is 32.3. The molecule has 0 bridgehead atoms. The topological polar surface area (TPSA) is 18.3 Å². The molecule has 0 aliphatic carbocycles. The largest absolute Gasteiger partial charge is 0.347 e. The lowest BCUT2D eigenvalue weighted by Gasteiger charge is -2.37. The van der Waals surface area contributed by atoms with Crippen molar-refractivity contribution >= 4 is 28.8 Å². The van der Waals surface area contributed by atoms with Crippen molar-refractivity contribution in [3.63, 3.8) is 0 Å². The fraction of sp³-hybridized carbons (Fsp3) is 0.462. The van der Waals surface area contributed by atoms with Gasteiger partial charge in [0.25, 0.3) is 0 Å². The van der Waals surface area contributed by atoms with Gasteiger partial charge in [-0.1, -0.05) is 76.6 Å². The SMILES string of the molecule is CCC.CNCCSC1=C(/C=C/C2=[N+](C)c3ccccc3C2(C)C)C[N+](C)(C)C/C1=C\C=C1\N(C)c2ccccc2C1(C)C. The number of benzene rings is 2. The Labute approximate surface area is 272 Å². The fourth-order valence-electron chi connectivity index (χ4n) is 6.99. The maximum Gasteiger partial charge on any atom is 0.209 e. The van der Waals surface area contributed by atoms with Crippen molar-refractivity contribution in [1.29, 1.82) is 0 Å². The third kappa shape index (κ3) is 6.71. The molecule has 5 rings (SSSR count). The maximum atomic E-state index is 3.35. The van der Waals surface area contributed by atoms with Gasteiger partial charge in [0.15, 0.2) is 5.71 Å². The number of thioether (sulfide) groups is 1. The van der Waals surface area contributed by atoms with Crippen LogP contribution in [-0.2, 0) is 10.8 Å². The molecule has 0 unspecified atom stereocenters. The molecule has 5 heteroatoms. The van der Waals surface area contributed by atoms with Crippen LogP contribution in [0.2, 0.25) is 0 Å². The first-order chi connectivity index (χ1) is 20.8. The van der Waals surface area contributed by atoms with Gasteiger partial charge in [-0.2, -0.15) is 4.58 Å². The van der Waals surface area contributed by atoms with E-state index in [0.29, 0.717) is 0 Å². The van der Waals surface area contributed by atoms with Gasteiger partial charge in [-0.15, -0.1) is 11.8 Å². The van der Waals surface area contributed by atoms with Gasteiger partial charge in [0, 0.05) is 69.9 Å². The molecule has 44 heavy (non-hydrogen) atoms. The van der Waals surface area contributed by atoms with Gasteiger partial charge in [-0.3, -0.25) is 0 Å². The van der Waals surface area contributed by atoms with E-state index >= 15 is 0 Å². The Bertz CT molecular complexity index is 1520. The molecule has 0 atom stereocenters. The van der Waals surface area contributed by atoms with E-state index in [-0.39, 0.29) is 10.8 Å². The molecule has 3 aliphatic rings. The number of hydrogen-bond donors (Lipinski definition) is 1. The van der Waals surface area contributed by atoms with E-state index in [0.717, 1.165) is 29.9 Å². The summed E-state index contributed by atoms with van der Waals surface area (Å²) in [6.07, 6.45) is 10.9. The molecule has 0 saturated heterocycles. The Morgan fingerprint density at radius 2 is 1.55 bits per heavy atom. The maximum absolute atomic E-state index is 3.35. The molecule has 3 aliphatic heterocycles. The minimum atomic E-state index is -0.0301. The van der Waals surface area contributed by atoms with Gasteiger partial charge >= 0.3 is 0 Å². The van der Waals surface area contributed by atoms with Crippen LogP contribution in [0.4, 0.5) is 11.4 Å². The van der Waals surface area contributed by atoms with E-state index in [4.69, 9.17) is 0 Å². The first-order valence-electron chi connectivity index (χ1n) is 16.3. The summed E-state index contributed by atoms with van der Waals surface area (Å²) < 4.78 is 3.32.